The van der Waals surface area contributed by atoms with Crippen molar-refractivity contribution in [3.05, 3.63) is 0 Å². The van der Waals surface area contributed by atoms with Gasteiger partial charge in [-0.25, -0.2) is 0 Å². The predicted octanol–water partition coefficient (Wildman–Crippen LogP) is 0.183. The lowest BCUT2D eigenvalue weighted by atomic mass is 9.98. The minimum absolute atomic E-state index is 0.0165. The molecule has 17 heavy (non-hydrogen) atoms. The van der Waals surface area contributed by atoms with Gasteiger partial charge in [0.05, 0.1) is 18.4 Å². The Morgan fingerprint density at radius 1 is 1.18 bits per heavy atom. The molecule has 0 bridgehead atoms. The molecule has 0 radical (unpaired) electrons. The normalized spacial score (nSPS) is 33.3. The largest absolute Gasteiger partial charge is 0.381 e. The van der Waals surface area contributed by atoms with Crippen LogP contribution in [-0.2, 0) is 14.3 Å². The summed E-state index contributed by atoms with van der Waals surface area (Å²) < 4.78 is 5.29. The Balaban J connectivity index is 1.86. The van der Waals surface area contributed by atoms with Crippen LogP contribution >= 0.6 is 0 Å². The average Bonchev–Trinajstić information content (AvgIpc) is 2.78. The van der Waals surface area contributed by atoms with Gasteiger partial charge in [-0.05, 0) is 25.7 Å². The number of hydrogen-bond donors (Lipinski definition) is 2. The van der Waals surface area contributed by atoms with Gasteiger partial charge in [-0.3, -0.25) is 9.59 Å². The lowest BCUT2D eigenvalue weighted by Crippen LogP contribution is -2.46. The van der Waals surface area contributed by atoms with E-state index in [4.69, 9.17) is 10.5 Å². The topological polar surface area (TPSA) is 81.4 Å². The van der Waals surface area contributed by atoms with Gasteiger partial charge in [0.2, 0.25) is 11.8 Å². The second kappa shape index (κ2) is 5.49. The monoisotopic (exact) mass is 240 g/mol. The van der Waals surface area contributed by atoms with Crippen molar-refractivity contribution in [3.63, 3.8) is 0 Å². The highest BCUT2D eigenvalue weighted by Crippen LogP contribution is 2.26. The molecule has 1 saturated heterocycles. The number of carbonyl (C=O) groups is 2. The quantitative estimate of drug-likeness (QED) is 0.738. The molecule has 0 aromatic carbocycles. The molecule has 3 atom stereocenters. The molecule has 2 amide bonds. The number of ether oxygens (including phenoxy) is 1. The van der Waals surface area contributed by atoms with Gasteiger partial charge >= 0.3 is 0 Å². The zero-order chi connectivity index (χ0) is 12.3. The zero-order valence-corrected chi connectivity index (χ0v) is 9.98. The van der Waals surface area contributed by atoms with Gasteiger partial charge in [0.25, 0.3) is 0 Å². The summed E-state index contributed by atoms with van der Waals surface area (Å²) in [5.74, 6) is -0.531. The van der Waals surface area contributed by atoms with Crippen molar-refractivity contribution in [2.45, 2.75) is 38.1 Å². The van der Waals surface area contributed by atoms with Crippen LogP contribution in [0.4, 0.5) is 0 Å². The van der Waals surface area contributed by atoms with Crippen molar-refractivity contribution in [1.29, 1.82) is 0 Å². The van der Waals surface area contributed by atoms with Crippen LogP contribution in [0, 0.1) is 11.8 Å². The fourth-order valence-corrected chi connectivity index (χ4v) is 2.72. The molecule has 0 aromatic rings. The number of carbonyl (C=O) groups excluding carboxylic acids is 2. The van der Waals surface area contributed by atoms with E-state index in [9.17, 15) is 9.59 Å². The molecule has 1 heterocycles. The zero-order valence-electron chi connectivity index (χ0n) is 9.98. The Bertz CT molecular complexity index is 300. The van der Waals surface area contributed by atoms with E-state index >= 15 is 0 Å². The third-order valence-corrected chi connectivity index (χ3v) is 3.74. The Hall–Kier alpha value is -1.10. The van der Waals surface area contributed by atoms with Crippen molar-refractivity contribution in [1.82, 2.24) is 5.32 Å². The molecule has 1 aliphatic heterocycles. The SMILES string of the molecule is NC(=O)[C@@H]1CCC[C@H]1NC(=O)[C@@H]1CCCOC1. The number of nitrogens with two attached hydrogens (primary N) is 1. The molecule has 3 N–H and O–H groups in total. The maximum atomic E-state index is 12.0. The van der Waals surface area contributed by atoms with Crippen molar-refractivity contribution in [3.8, 4) is 0 Å². The summed E-state index contributed by atoms with van der Waals surface area (Å²) in [5, 5.41) is 2.96. The maximum absolute atomic E-state index is 12.0. The Labute approximate surface area is 101 Å². The standard InChI is InChI=1S/C12H20N2O3/c13-11(15)9-4-1-5-10(9)14-12(16)8-3-2-6-17-7-8/h8-10H,1-7H2,(H2,13,15)(H,14,16)/t8-,9-,10-/m1/s1. The molecule has 2 fully saturated rings. The van der Waals surface area contributed by atoms with Crippen LogP contribution in [0.3, 0.4) is 0 Å². The lowest BCUT2D eigenvalue weighted by molar-refractivity contribution is -0.130. The van der Waals surface area contributed by atoms with Crippen LogP contribution in [-0.4, -0.2) is 31.1 Å². The van der Waals surface area contributed by atoms with E-state index in [1.54, 1.807) is 0 Å². The van der Waals surface area contributed by atoms with Gasteiger partial charge in [-0.2, -0.15) is 0 Å². The van der Waals surface area contributed by atoms with Crippen molar-refractivity contribution in [2.24, 2.45) is 17.6 Å². The van der Waals surface area contributed by atoms with E-state index in [2.05, 4.69) is 5.32 Å². The first kappa shape index (κ1) is 12.4. The number of nitrogens with one attached hydrogen (secondary N) is 1. The first-order valence-corrected chi connectivity index (χ1v) is 6.36. The maximum Gasteiger partial charge on any atom is 0.225 e. The first-order valence-electron chi connectivity index (χ1n) is 6.36. The molecular formula is C12H20N2O3. The van der Waals surface area contributed by atoms with E-state index in [1.807, 2.05) is 0 Å². The van der Waals surface area contributed by atoms with Crippen LogP contribution in [0.15, 0.2) is 0 Å². The number of amides is 2. The first-order chi connectivity index (χ1) is 8.18. The number of primary amides is 1. The molecule has 1 saturated carbocycles. The van der Waals surface area contributed by atoms with Gasteiger partial charge in [-0.1, -0.05) is 6.42 Å². The minimum atomic E-state index is -0.298. The van der Waals surface area contributed by atoms with Crippen LogP contribution in [0.25, 0.3) is 0 Å². The minimum Gasteiger partial charge on any atom is -0.381 e. The van der Waals surface area contributed by atoms with E-state index in [0.29, 0.717) is 6.61 Å². The summed E-state index contributed by atoms with van der Waals surface area (Å²) in [6.07, 6.45) is 4.41. The van der Waals surface area contributed by atoms with Gasteiger partial charge in [0, 0.05) is 12.6 Å². The number of hydrogen-bond acceptors (Lipinski definition) is 3. The molecule has 0 spiro atoms. The lowest BCUT2D eigenvalue weighted by Gasteiger charge is -2.25. The van der Waals surface area contributed by atoms with E-state index in [0.717, 1.165) is 38.7 Å². The highest BCUT2D eigenvalue weighted by atomic mass is 16.5. The Morgan fingerprint density at radius 2 is 2.00 bits per heavy atom. The van der Waals surface area contributed by atoms with Gasteiger partial charge in [0.15, 0.2) is 0 Å². The second-order valence-corrected chi connectivity index (χ2v) is 4.97. The average molecular weight is 240 g/mol. The van der Waals surface area contributed by atoms with E-state index < -0.39 is 0 Å². The summed E-state index contributed by atoms with van der Waals surface area (Å²) in [4.78, 5) is 23.2. The third kappa shape index (κ3) is 2.97. The van der Waals surface area contributed by atoms with E-state index in [-0.39, 0.29) is 29.7 Å². The summed E-state index contributed by atoms with van der Waals surface area (Å²) in [5.41, 5.74) is 5.33. The molecule has 5 nitrogen and oxygen atoms in total. The smallest absolute Gasteiger partial charge is 0.225 e. The summed E-state index contributed by atoms with van der Waals surface area (Å²) in [7, 11) is 0. The Morgan fingerprint density at radius 3 is 2.65 bits per heavy atom. The molecule has 96 valence electrons. The van der Waals surface area contributed by atoms with Crippen LogP contribution in [0.1, 0.15) is 32.1 Å². The molecule has 5 heteroatoms. The predicted molar refractivity (Wildman–Crippen MR) is 62.0 cm³/mol. The van der Waals surface area contributed by atoms with Gasteiger partial charge < -0.3 is 15.8 Å². The van der Waals surface area contributed by atoms with Crippen molar-refractivity contribution in [2.75, 3.05) is 13.2 Å². The summed E-state index contributed by atoms with van der Waals surface area (Å²) in [6.45, 7) is 1.25. The molecular weight excluding hydrogens is 220 g/mol. The Kier molecular flexibility index (Phi) is 3.99. The molecule has 2 rings (SSSR count). The third-order valence-electron chi connectivity index (χ3n) is 3.74. The highest BCUT2D eigenvalue weighted by molar-refractivity contribution is 5.82. The van der Waals surface area contributed by atoms with Crippen LogP contribution in [0.5, 0.6) is 0 Å². The fourth-order valence-electron chi connectivity index (χ4n) is 2.72. The molecule has 0 aromatic heterocycles. The molecule has 1 aliphatic carbocycles. The van der Waals surface area contributed by atoms with Crippen molar-refractivity contribution >= 4 is 11.8 Å². The van der Waals surface area contributed by atoms with Gasteiger partial charge in [-0.15, -0.1) is 0 Å². The molecule has 2 aliphatic rings. The fraction of sp³-hybridized carbons (Fsp3) is 0.833. The molecule has 0 unspecified atom stereocenters. The summed E-state index contributed by atoms with van der Waals surface area (Å²) in [6, 6.07) is -0.0677. The van der Waals surface area contributed by atoms with Crippen LogP contribution < -0.4 is 11.1 Å². The van der Waals surface area contributed by atoms with Gasteiger partial charge in [0.1, 0.15) is 0 Å². The second-order valence-electron chi connectivity index (χ2n) is 4.97. The number of rotatable bonds is 3. The van der Waals surface area contributed by atoms with E-state index in [1.165, 1.54) is 0 Å². The highest BCUT2D eigenvalue weighted by Gasteiger charge is 2.34. The summed E-state index contributed by atoms with van der Waals surface area (Å²) >= 11 is 0. The van der Waals surface area contributed by atoms with Crippen LogP contribution in [0.2, 0.25) is 0 Å². The van der Waals surface area contributed by atoms with Crippen molar-refractivity contribution < 1.29 is 14.3 Å².